The largest absolute Gasteiger partial charge is 0.497 e. The van der Waals surface area contributed by atoms with Gasteiger partial charge in [0, 0.05) is 23.5 Å². The molecule has 0 fully saturated rings. The molecule has 0 aliphatic heterocycles. The summed E-state index contributed by atoms with van der Waals surface area (Å²) in [5, 5.41) is 0.546. The van der Waals surface area contributed by atoms with Crippen molar-refractivity contribution < 1.29 is 9.53 Å². The molecule has 1 atom stereocenters. The molecule has 0 radical (unpaired) electrons. The van der Waals surface area contributed by atoms with Gasteiger partial charge in [0.1, 0.15) is 5.75 Å². The van der Waals surface area contributed by atoms with Gasteiger partial charge >= 0.3 is 0 Å². The maximum Gasteiger partial charge on any atom is 0.235 e. The molecule has 2 aromatic rings. The Kier molecular flexibility index (Phi) is 6.37. The number of carbonyl (C=O) groups is 1. The van der Waals surface area contributed by atoms with E-state index in [-0.39, 0.29) is 11.2 Å². The third kappa shape index (κ3) is 5.19. The van der Waals surface area contributed by atoms with Crippen LogP contribution in [0.15, 0.2) is 53.4 Å². The minimum absolute atomic E-state index is 0.0979. The first-order valence-electron chi connectivity index (χ1n) is 7.29. The Hall–Kier alpha value is -1.65. The number of amides is 1. The third-order valence-electron chi connectivity index (χ3n) is 3.43. The van der Waals surface area contributed by atoms with Crippen LogP contribution in [0.3, 0.4) is 0 Å². The fourth-order valence-corrected chi connectivity index (χ4v) is 3.27. The van der Waals surface area contributed by atoms with Gasteiger partial charge in [0.2, 0.25) is 5.91 Å². The lowest BCUT2D eigenvalue weighted by atomic mass is 10.2. The van der Waals surface area contributed by atoms with E-state index in [1.165, 1.54) is 11.8 Å². The monoisotopic (exact) mass is 349 g/mol. The van der Waals surface area contributed by atoms with Gasteiger partial charge in [-0.25, -0.2) is 0 Å². The summed E-state index contributed by atoms with van der Waals surface area (Å²) in [6.45, 7) is 2.50. The van der Waals surface area contributed by atoms with Gasteiger partial charge in [-0.15, -0.1) is 11.8 Å². The molecule has 0 unspecified atom stereocenters. The summed E-state index contributed by atoms with van der Waals surface area (Å²) >= 11 is 7.42. The molecule has 2 aromatic carbocycles. The standard InChI is InChI=1S/C18H20ClNO2S/c1-13(23-17-10-6-15(19)7-11-17)18(21)20(2)12-14-4-8-16(22-3)9-5-14/h4-11,13H,12H2,1-3H3/t13-/m1/s1. The molecule has 0 saturated carbocycles. The quantitative estimate of drug-likeness (QED) is 0.720. The molecule has 5 heteroatoms. The van der Waals surface area contributed by atoms with Gasteiger partial charge in [-0.3, -0.25) is 4.79 Å². The lowest BCUT2D eigenvalue weighted by Crippen LogP contribution is -2.32. The maximum atomic E-state index is 12.5. The van der Waals surface area contributed by atoms with Gasteiger partial charge in [-0.1, -0.05) is 23.7 Å². The molecule has 0 aliphatic carbocycles. The summed E-state index contributed by atoms with van der Waals surface area (Å²) in [7, 11) is 3.46. The van der Waals surface area contributed by atoms with Crippen LogP contribution in [-0.2, 0) is 11.3 Å². The second kappa shape index (κ2) is 8.27. The number of nitrogens with zero attached hydrogens (tertiary/aromatic N) is 1. The molecule has 0 saturated heterocycles. The zero-order valence-corrected chi connectivity index (χ0v) is 15.0. The first-order valence-corrected chi connectivity index (χ1v) is 8.55. The maximum absolute atomic E-state index is 12.5. The number of ether oxygens (including phenoxy) is 1. The third-order valence-corrected chi connectivity index (χ3v) is 4.78. The SMILES string of the molecule is COc1ccc(CN(C)C(=O)[C@@H](C)Sc2ccc(Cl)cc2)cc1. The summed E-state index contributed by atoms with van der Waals surface area (Å²) in [5.74, 6) is 0.912. The Labute approximate surface area is 146 Å². The van der Waals surface area contributed by atoms with E-state index in [0.29, 0.717) is 11.6 Å². The van der Waals surface area contributed by atoms with Crippen molar-refractivity contribution in [2.45, 2.75) is 23.6 Å². The number of carbonyl (C=O) groups excluding carboxylic acids is 1. The lowest BCUT2D eigenvalue weighted by molar-refractivity contribution is -0.129. The van der Waals surface area contributed by atoms with Gasteiger partial charge in [-0.05, 0) is 48.9 Å². The van der Waals surface area contributed by atoms with Crippen LogP contribution in [0, 0.1) is 0 Å². The van der Waals surface area contributed by atoms with Gasteiger partial charge in [0.25, 0.3) is 0 Å². The second-order valence-electron chi connectivity index (χ2n) is 5.26. The number of hydrogen-bond donors (Lipinski definition) is 0. The Balaban J connectivity index is 1.93. The smallest absolute Gasteiger partial charge is 0.235 e. The van der Waals surface area contributed by atoms with Crippen molar-refractivity contribution >= 4 is 29.3 Å². The average molecular weight is 350 g/mol. The van der Waals surface area contributed by atoms with E-state index in [4.69, 9.17) is 16.3 Å². The summed E-state index contributed by atoms with van der Waals surface area (Å²) in [4.78, 5) is 15.3. The summed E-state index contributed by atoms with van der Waals surface area (Å²) in [6.07, 6.45) is 0. The van der Waals surface area contributed by atoms with Crippen molar-refractivity contribution in [2.24, 2.45) is 0 Å². The van der Waals surface area contributed by atoms with Crippen molar-refractivity contribution in [3.05, 3.63) is 59.1 Å². The molecule has 122 valence electrons. The van der Waals surface area contributed by atoms with Gasteiger partial charge in [0.15, 0.2) is 0 Å². The molecular formula is C18H20ClNO2S. The highest BCUT2D eigenvalue weighted by atomic mass is 35.5. The Morgan fingerprint density at radius 2 is 1.78 bits per heavy atom. The lowest BCUT2D eigenvalue weighted by Gasteiger charge is -2.21. The molecule has 23 heavy (non-hydrogen) atoms. The molecule has 0 bridgehead atoms. The predicted molar refractivity (Wildman–Crippen MR) is 96.2 cm³/mol. The summed E-state index contributed by atoms with van der Waals surface area (Å²) in [6, 6.07) is 15.3. The fraction of sp³-hybridized carbons (Fsp3) is 0.278. The zero-order valence-electron chi connectivity index (χ0n) is 13.5. The first-order chi connectivity index (χ1) is 11.0. The minimum Gasteiger partial charge on any atom is -0.497 e. The number of thioether (sulfide) groups is 1. The molecular weight excluding hydrogens is 330 g/mol. The zero-order chi connectivity index (χ0) is 16.8. The molecule has 0 spiro atoms. The van der Waals surface area contributed by atoms with Crippen LogP contribution in [0.25, 0.3) is 0 Å². The molecule has 0 N–H and O–H groups in total. The molecule has 3 nitrogen and oxygen atoms in total. The highest BCUT2D eigenvalue weighted by molar-refractivity contribution is 8.00. The predicted octanol–water partition coefficient (Wildman–Crippen LogP) is 4.49. The van der Waals surface area contributed by atoms with Crippen molar-refractivity contribution in [3.8, 4) is 5.75 Å². The van der Waals surface area contributed by atoms with E-state index >= 15 is 0 Å². The van der Waals surface area contributed by atoms with Crippen LogP contribution in [0.5, 0.6) is 5.75 Å². The summed E-state index contributed by atoms with van der Waals surface area (Å²) < 4.78 is 5.14. The van der Waals surface area contributed by atoms with E-state index in [2.05, 4.69) is 0 Å². The normalized spacial score (nSPS) is 11.8. The van der Waals surface area contributed by atoms with Gasteiger partial charge < -0.3 is 9.64 Å². The summed E-state index contributed by atoms with van der Waals surface area (Å²) in [5.41, 5.74) is 1.07. The second-order valence-corrected chi connectivity index (χ2v) is 7.11. The highest BCUT2D eigenvalue weighted by Gasteiger charge is 2.18. The van der Waals surface area contributed by atoms with Crippen molar-refractivity contribution in [1.29, 1.82) is 0 Å². The average Bonchev–Trinajstić information content (AvgIpc) is 2.56. The first kappa shape index (κ1) is 17.7. The van der Waals surface area contributed by atoms with Crippen LogP contribution in [0.1, 0.15) is 12.5 Å². The van der Waals surface area contributed by atoms with E-state index < -0.39 is 0 Å². The van der Waals surface area contributed by atoms with Crippen LogP contribution in [-0.4, -0.2) is 30.2 Å². The highest BCUT2D eigenvalue weighted by Crippen LogP contribution is 2.26. The van der Waals surface area contributed by atoms with Crippen molar-refractivity contribution in [3.63, 3.8) is 0 Å². The van der Waals surface area contributed by atoms with Crippen LogP contribution >= 0.6 is 23.4 Å². The van der Waals surface area contributed by atoms with Crippen LogP contribution in [0.2, 0.25) is 5.02 Å². The molecule has 0 heterocycles. The van der Waals surface area contributed by atoms with E-state index in [9.17, 15) is 4.79 Å². The Morgan fingerprint density at radius 3 is 2.35 bits per heavy atom. The molecule has 2 rings (SSSR count). The van der Waals surface area contributed by atoms with E-state index in [1.54, 1.807) is 12.0 Å². The minimum atomic E-state index is -0.153. The van der Waals surface area contributed by atoms with Crippen molar-refractivity contribution in [1.82, 2.24) is 4.90 Å². The Bertz CT molecular complexity index is 643. The van der Waals surface area contributed by atoms with Gasteiger partial charge in [-0.2, -0.15) is 0 Å². The number of hydrogen-bond acceptors (Lipinski definition) is 3. The number of rotatable bonds is 6. The fourth-order valence-electron chi connectivity index (χ4n) is 2.16. The number of halogens is 1. The van der Waals surface area contributed by atoms with E-state index in [0.717, 1.165) is 16.2 Å². The van der Waals surface area contributed by atoms with Crippen LogP contribution < -0.4 is 4.74 Å². The Morgan fingerprint density at radius 1 is 1.17 bits per heavy atom. The van der Waals surface area contributed by atoms with Gasteiger partial charge in [0.05, 0.1) is 12.4 Å². The number of benzene rings is 2. The topological polar surface area (TPSA) is 29.5 Å². The van der Waals surface area contributed by atoms with Crippen molar-refractivity contribution in [2.75, 3.05) is 14.2 Å². The molecule has 0 aromatic heterocycles. The molecule has 0 aliphatic rings. The van der Waals surface area contributed by atoms with E-state index in [1.807, 2.05) is 62.5 Å². The van der Waals surface area contributed by atoms with Crippen LogP contribution in [0.4, 0.5) is 0 Å². The molecule has 1 amide bonds. The number of methoxy groups -OCH3 is 1.